The minimum absolute atomic E-state index is 0.0388. The summed E-state index contributed by atoms with van der Waals surface area (Å²) in [5, 5.41) is 11.3. The molecule has 0 aromatic heterocycles. The van der Waals surface area contributed by atoms with E-state index in [1.165, 1.54) is 12.1 Å². The number of carbonyl (C=O) groups is 2. The van der Waals surface area contributed by atoms with Crippen molar-refractivity contribution in [3.8, 4) is 0 Å². The molecule has 0 aliphatic rings. The Morgan fingerprint density at radius 1 is 1.42 bits per heavy atom. The molecule has 1 aromatic carbocycles. The summed E-state index contributed by atoms with van der Waals surface area (Å²) in [5.74, 6) is -2.35. The van der Waals surface area contributed by atoms with Crippen LogP contribution in [0.5, 0.6) is 0 Å². The third kappa shape index (κ3) is 4.52. The van der Waals surface area contributed by atoms with Crippen LogP contribution in [0.15, 0.2) is 18.2 Å². The van der Waals surface area contributed by atoms with E-state index in [2.05, 4.69) is 5.32 Å². The van der Waals surface area contributed by atoms with Gasteiger partial charge >= 0.3 is 5.97 Å². The zero-order valence-corrected chi connectivity index (χ0v) is 11.4. The van der Waals surface area contributed by atoms with E-state index >= 15 is 0 Å². The second-order valence-corrected chi connectivity index (χ2v) is 5.03. The predicted molar refractivity (Wildman–Crippen MR) is 69.8 cm³/mol. The van der Waals surface area contributed by atoms with Crippen LogP contribution < -0.4 is 5.32 Å². The van der Waals surface area contributed by atoms with Crippen molar-refractivity contribution in [1.82, 2.24) is 5.32 Å². The first-order valence-corrected chi connectivity index (χ1v) is 6.17. The number of rotatable bonds is 5. The van der Waals surface area contributed by atoms with Crippen molar-refractivity contribution in [1.29, 1.82) is 0 Å². The normalized spacial score (nSPS) is 12.3. The highest BCUT2D eigenvalue weighted by atomic mass is 35.5. The summed E-state index contributed by atoms with van der Waals surface area (Å²) in [4.78, 5) is 22.8. The van der Waals surface area contributed by atoms with Crippen LogP contribution in [0.2, 0.25) is 5.02 Å². The van der Waals surface area contributed by atoms with Crippen molar-refractivity contribution in [2.75, 3.05) is 0 Å². The Labute approximate surface area is 115 Å². The molecule has 0 unspecified atom stereocenters. The van der Waals surface area contributed by atoms with Crippen LogP contribution in [-0.4, -0.2) is 23.0 Å². The zero-order chi connectivity index (χ0) is 14.6. The van der Waals surface area contributed by atoms with Crippen LogP contribution in [0.1, 0.15) is 30.6 Å². The Morgan fingerprint density at radius 2 is 2.05 bits per heavy atom. The van der Waals surface area contributed by atoms with Gasteiger partial charge in [-0.3, -0.25) is 4.79 Å². The second-order valence-electron chi connectivity index (χ2n) is 4.62. The highest BCUT2D eigenvalue weighted by molar-refractivity contribution is 6.30. The number of halogens is 2. The van der Waals surface area contributed by atoms with Crippen molar-refractivity contribution < 1.29 is 19.1 Å². The van der Waals surface area contributed by atoms with Crippen molar-refractivity contribution in [3.05, 3.63) is 34.6 Å². The molecule has 0 fully saturated rings. The highest BCUT2D eigenvalue weighted by Crippen LogP contribution is 2.16. The summed E-state index contributed by atoms with van der Waals surface area (Å²) in [6.45, 7) is 3.70. The van der Waals surface area contributed by atoms with Crippen LogP contribution in [0.3, 0.4) is 0 Å². The molecule has 0 aliphatic carbocycles. The van der Waals surface area contributed by atoms with Gasteiger partial charge in [-0.15, -0.1) is 0 Å². The van der Waals surface area contributed by atoms with Gasteiger partial charge in [0.2, 0.25) is 0 Å². The number of nitrogens with one attached hydrogen (secondary N) is 1. The number of carboxylic acids is 1. The highest BCUT2D eigenvalue weighted by Gasteiger charge is 2.22. The van der Waals surface area contributed by atoms with Crippen molar-refractivity contribution >= 4 is 23.5 Å². The lowest BCUT2D eigenvalue weighted by molar-refractivity contribution is -0.139. The third-order valence-corrected chi connectivity index (χ3v) is 2.80. The molecule has 1 amide bonds. The molecular weight excluding hydrogens is 273 g/mol. The van der Waals surface area contributed by atoms with Gasteiger partial charge in [0.15, 0.2) is 0 Å². The fourth-order valence-electron chi connectivity index (χ4n) is 1.57. The number of amides is 1. The first kappa shape index (κ1) is 15.4. The second kappa shape index (κ2) is 6.52. The van der Waals surface area contributed by atoms with Crippen LogP contribution in [0.4, 0.5) is 4.39 Å². The molecule has 6 heteroatoms. The van der Waals surface area contributed by atoms with E-state index in [1.807, 2.05) is 13.8 Å². The first-order valence-electron chi connectivity index (χ1n) is 5.80. The van der Waals surface area contributed by atoms with Crippen LogP contribution in [0, 0.1) is 11.7 Å². The van der Waals surface area contributed by atoms with E-state index < -0.39 is 23.7 Å². The smallest absolute Gasteiger partial charge is 0.326 e. The molecule has 0 bridgehead atoms. The molecule has 0 heterocycles. The fraction of sp³-hybridized carbons (Fsp3) is 0.385. The average molecular weight is 288 g/mol. The van der Waals surface area contributed by atoms with E-state index in [0.29, 0.717) is 6.42 Å². The summed E-state index contributed by atoms with van der Waals surface area (Å²) < 4.78 is 13.2. The van der Waals surface area contributed by atoms with E-state index in [4.69, 9.17) is 16.7 Å². The molecule has 0 aliphatic heterocycles. The van der Waals surface area contributed by atoms with Gasteiger partial charge in [-0.25, -0.2) is 9.18 Å². The van der Waals surface area contributed by atoms with Gasteiger partial charge in [0.25, 0.3) is 5.91 Å². The topological polar surface area (TPSA) is 66.4 Å². The fourth-order valence-corrected chi connectivity index (χ4v) is 1.69. The lowest BCUT2D eigenvalue weighted by Crippen LogP contribution is -2.41. The predicted octanol–water partition coefficient (Wildman–Crippen LogP) is 2.71. The van der Waals surface area contributed by atoms with Gasteiger partial charge in [-0.2, -0.15) is 0 Å². The Morgan fingerprint density at radius 3 is 2.53 bits per heavy atom. The Bertz CT molecular complexity index is 491. The molecule has 4 nitrogen and oxygen atoms in total. The summed E-state index contributed by atoms with van der Waals surface area (Å²) >= 11 is 5.51. The summed E-state index contributed by atoms with van der Waals surface area (Å²) in [5.41, 5.74) is 0.0388. The van der Waals surface area contributed by atoms with Gasteiger partial charge in [0.05, 0.1) is 5.02 Å². The monoisotopic (exact) mass is 287 g/mol. The van der Waals surface area contributed by atoms with E-state index in [0.717, 1.165) is 6.07 Å². The third-order valence-electron chi connectivity index (χ3n) is 2.49. The maximum atomic E-state index is 13.2. The van der Waals surface area contributed by atoms with Gasteiger partial charge in [-0.1, -0.05) is 25.4 Å². The Balaban J connectivity index is 2.81. The van der Waals surface area contributed by atoms with Crippen molar-refractivity contribution in [3.63, 3.8) is 0 Å². The van der Waals surface area contributed by atoms with Crippen LogP contribution in [-0.2, 0) is 4.79 Å². The van der Waals surface area contributed by atoms with Gasteiger partial charge in [0, 0.05) is 5.56 Å². The molecule has 1 aromatic rings. The molecule has 0 radical (unpaired) electrons. The molecule has 0 saturated carbocycles. The summed E-state index contributed by atoms with van der Waals surface area (Å²) in [6, 6.07) is 2.58. The lowest BCUT2D eigenvalue weighted by Gasteiger charge is -2.16. The lowest BCUT2D eigenvalue weighted by atomic mass is 10.0. The zero-order valence-electron chi connectivity index (χ0n) is 10.6. The quantitative estimate of drug-likeness (QED) is 0.875. The molecule has 104 valence electrons. The Kier molecular flexibility index (Phi) is 5.30. The van der Waals surface area contributed by atoms with E-state index in [1.54, 1.807) is 0 Å². The van der Waals surface area contributed by atoms with Crippen molar-refractivity contribution in [2.45, 2.75) is 26.3 Å². The molecule has 19 heavy (non-hydrogen) atoms. The molecule has 0 spiro atoms. The SMILES string of the molecule is CC(C)C[C@@H](NC(=O)c1ccc(Cl)c(F)c1)C(=O)O. The van der Waals surface area contributed by atoms with E-state index in [-0.39, 0.29) is 16.5 Å². The molecule has 1 atom stereocenters. The average Bonchev–Trinajstić information content (AvgIpc) is 2.31. The molecule has 1 rings (SSSR count). The number of carbonyl (C=O) groups excluding carboxylic acids is 1. The van der Waals surface area contributed by atoms with Gasteiger partial charge in [0.1, 0.15) is 11.9 Å². The van der Waals surface area contributed by atoms with Gasteiger partial charge in [-0.05, 0) is 30.5 Å². The molecular formula is C13H15ClFNO3. The minimum atomic E-state index is -1.11. The number of aliphatic carboxylic acids is 1. The van der Waals surface area contributed by atoms with Crippen molar-refractivity contribution in [2.24, 2.45) is 5.92 Å². The van der Waals surface area contributed by atoms with E-state index in [9.17, 15) is 14.0 Å². The largest absolute Gasteiger partial charge is 0.480 e. The van der Waals surface area contributed by atoms with Gasteiger partial charge < -0.3 is 10.4 Å². The standard InChI is InChI=1S/C13H15ClFNO3/c1-7(2)5-11(13(18)19)16-12(17)8-3-4-9(14)10(15)6-8/h3-4,6-7,11H,5H2,1-2H3,(H,16,17)(H,18,19)/t11-/m1/s1. The number of hydrogen-bond acceptors (Lipinski definition) is 2. The maximum absolute atomic E-state index is 13.2. The van der Waals surface area contributed by atoms with Crippen LogP contribution in [0.25, 0.3) is 0 Å². The Hall–Kier alpha value is -1.62. The molecule has 0 saturated heterocycles. The number of carboxylic acid groups (broad SMARTS) is 1. The maximum Gasteiger partial charge on any atom is 0.326 e. The first-order chi connectivity index (χ1) is 8.81. The molecule has 2 N–H and O–H groups in total. The minimum Gasteiger partial charge on any atom is -0.480 e. The van der Waals surface area contributed by atoms with Crippen LogP contribution >= 0.6 is 11.6 Å². The summed E-state index contributed by atoms with van der Waals surface area (Å²) in [7, 11) is 0. The number of benzene rings is 1. The summed E-state index contributed by atoms with van der Waals surface area (Å²) in [6.07, 6.45) is 0.303. The number of hydrogen-bond donors (Lipinski definition) is 2.